The van der Waals surface area contributed by atoms with Crippen LogP contribution in [0, 0.1) is 5.82 Å². The lowest BCUT2D eigenvalue weighted by Crippen LogP contribution is -2.19. The summed E-state index contributed by atoms with van der Waals surface area (Å²) < 4.78 is 19.4. The number of ether oxygens (including phenoxy) is 1. The van der Waals surface area contributed by atoms with Gasteiger partial charge in [0.05, 0.1) is 17.3 Å². The number of halogens is 1. The second kappa shape index (κ2) is 9.00. The molecule has 0 bridgehead atoms. The van der Waals surface area contributed by atoms with Crippen molar-refractivity contribution in [2.45, 2.75) is 0 Å². The summed E-state index contributed by atoms with van der Waals surface area (Å²) in [6, 6.07) is 25.3. The molecule has 1 N–H and O–H groups in total. The summed E-state index contributed by atoms with van der Waals surface area (Å²) in [5, 5.41) is 5.66. The largest absolute Gasteiger partial charge is 0.422 e. The van der Waals surface area contributed by atoms with Gasteiger partial charge in [-0.2, -0.15) is 5.10 Å². The summed E-state index contributed by atoms with van der Waals surface area (Å²) in [6.45, 7) is 0. The minimum Gasteiger partial charge on any atom is -0.422 e. The summed E-state index contributed by atoms with van der Waals surface area (Å²) in [5.74, 6) is -1.55. The number of nitrogens with zero attached hydrogens (tertiary/aromatic N) is 1. The molecule has 0 aliphatic heterocycles. The standard InChI is InChI=1S/C25H17FN2O3/c26-22-13-7-6-12-20(22)24(29)28-27-16-21-19-11-5-4-8-17(19)14-15-23(21)31-25(30)18-9-2-1-3-10-18/h1-16H,(H,28,29)/b27-16-. The van der Waals surface area contributed by atoms with Gasteiger partial charge in [0.2, 0.25) is 0 Å². The molecule has 0 aliphatic rings. The van der Waals surface area contributed by atoms with Crippen molar-refractivity contribution in [2.75, 3.05) is 0 Å². The van der Waals surface area contributed by atoms with Gasteiger partial charge in [-0.05, 0) is 41.1 Å². The molecule has 6 heteroatoms. The molecule has 152 valence electrons. The van der Waals surface area contributed by atoms with Gasteiger partial charge >= 0.3 is 5.97 Å². The number of carbonyl (C=O) groups is 2. The smallest absolute Gasteiger partial charge is 0.343 e. The number of nitrogens with one attached hydrogen (secondary N) is 1. The van der Waals surface area contributed by atoms with Crippen LogP contribution in [0.4, 0.5) is 4.39 Å². The van der Waals surface area contributed by atoms with E-state index >= 15 is 0 Å². The third kappa shape index (κ3) is 4.48. The molecule has 4 rings (SSSR count). The summed E-state index contributed by atoms with van der Waals surface area (Å²) in [5.41, 5.74) is 3.12. The molecule has 0 aromatic heterocycles. The number of fused-ring (bicyclic) bond motifs is 1. The van der Waals surface area contributed by atoms with Crippen molar-refractivity contribution in [1.29, 1.82) is 0 Å². The first-order chi connectivity index (χ1) is 15.1. The quantitative estimate of drug-likeness (QED) is 0.218. The number of benzene rings is 4. The van der Waals surface area contributed by atoms with E-state index in [1.807, 2.05) is 36.4 Å². The Bertz CT molecular complexity index is 1290. The molecule has 0 fully saturated rings. The van der Waals surface area contributed by atoms with E-state index in [9.17, 15) is 14.0 Å². The van der Waals surface area contributed by atoms with E-state index in [0.29, 0.717) is 11.1 Å². The number of hydrazone groups is 1. The van der Waals surface area contributed by atoms with Crippen LogP contribution in [0.5, 0.6) is 5.75 Å². The van der Waals surface area contributed by atoms with Crippen LogP contribution in [0.1, 0.15) is 26.3 Å². The van der Waals surface area contributed by atoms with Gasteiger partial charge in [0.15, 0.2) is 0 Å². The van der Waals surface area contributed by atoms with Crippen LogP contribution in [-0.4, -0.2) is 18.1 Å². The Morgan fingerprint density at radius 1 is 0.839 bits per heavy atom. The van der Waals surface area contributed by atoms with Crippen molar-refractivity contribution in [1.82, 2.24) is 5.43 Å². The Balaban J connectivity index is 1.64. The van der Waals surface area contributed by atoms with Gasteiger partial charge in [0.25, 0.3) is 5.91 Å². The molecule has 31 heavy (non-hydrogen) atoms. The predicted molar refractivity (Wildman–Crippen MR) is 117 cm³/mol. The van der Waals surface area contributed by atoms with E-state index in [1.165, 1.54) is 24.4 Å². The van der Waals surface area contributed by atoms with Gasteiger partial charge in [0.1, 0.15) is 11.6 Å². The predicted octanol–water partition coefficient (Wildman–Crippen LogP) is 4.96. The first-order valence-corrected chi connectivity index (χ1v) is 9.50. The maximum atomic E-state index is 13.8. The van der Waals surface area contributed by atoms with Crippen molar-refractivity contribution in [3.63, 3.8) is 0 Å². The number of amides is 1. The molecular weight excluding hydrogens is 395 g/mol. The lowest BCUT2D eigenvalue weighted by molar-refractivity contribution is 0.0734. The van der Waals surface area contributed by atoms with E-state index in [4.69, 9.17) is 4.74 Å². The van der Waals surface area contributed by atoms with Crippen molar-refractivity contribution in [3.05, 3.63) is 114 Å². The second-order valence-electron chi connectivity index (χ2n) is 6.63. The normalized spacial score (nSPS) is 10.9. The molecule has 5 nitrogen and oxygen atoms in total. The number of hydrogen-bond acceptors (Lipinski definition) is 4. The van der Waals surface area contributed by atoms with Gasteiger partial charge in [-0.15, -0.1) is 0 Å². The number of esters is 1. The maximum Gasteiger partial charge on any atom is 0.343 e. The molecule has 0 heterocycles. The topological polar surface area (TPSA) is 67.8 Å². The molecule has 0 saturated carbocycles. The number of carbonyl (C=O) groups excluding carboxylic acids is 2. The maximum absolute atomic E-state index is 13.8. The van der Waals surface area contributed by atoms with Crippen molar-refractivity contribution in [3.8, 4) is 5.75 Å². The molecular formula is C25H17FN2O3. The summed E-state index contributed by atoms with van der Waals surface area (Å²) in [4.78, 5) is 24.7. The first-order valence-electron chi connectivity index (χ1n) is 9.50. The highest BCUT2D eigenvalue weighted by molar-refractivity contribution is 6.04. The average Bonchev–Trinajstić information content (AvgIpc) is 2.81. The number of rotatable bonds is 5. The van der Waals surface area contributed by atoms with Crippen LogP contribution in [-0.2, 0) is 0 Å². The van der Waals surface area contributed by atoms with Gasteiger partial charge in [0, 0.05) is 5.56 Å². The van der Waals surface area contributed by atoms with Crippen molar-refractivity contribution < 1.29 is 18.7 Å². The fourth-order valence-electron chi connectivity index (χ4n) is 3.09. The van der Waals surface area contributed by atoms with E-state index in [1.54, 1.807) is 36.4 Å². The molecule has 0 atom stereocenters. The highest BCUT2D eigenvalue weighted by atomic mass is 19.1. The molecule has 0 saturated heterocycles. The Morgan fingerprint density at radius 3 is 2.35 bits per heavy atom. The van der Waals surface area contributed by atoms with Gasteiger partial charge < -0.3 is 4.74 Å². The van der Waals surface area contributed by atoms with Gasteiger partial charge in [-0.25, -0.2) is 14.6 Å². The Kier molecular flexibility index (Phi) is 5.80. The number of hydrogen-bond donors (Lipinski definition) is 1. The van der Waals surface area contributed by atoms with E-state index < -0.39 is 17.7 Å². The average molecular weight is 412 g/mol. The summed E-state index contributed by atoms with van der Waals surface area (Å²) >= 11 is 0. The van der Waals surface area contributed by atoms with Crippen LogP contribution in [0.2, 0.25) is 0 Å². The molecule has 0 radical (unpaired) electrons. The minimum atomic E-state index is -0.683. The zero-order chi connectivity index (χ0) is 21.6. The van der Waals surface area contributed by atoms with Crippen molar-refractivity contribution >= 4 is 28.9 Å². The zero-order valence-electron chi connectivity index (χ0n) is 16.3. The second-order valence-corrected chi connectivity index (χ2v) is 6.63. The molecule has 0 aliphatic carbocycles. The highest BCUT2D eigenvalue weighted by Gasteiger charge is 2.14. The molecule has 4 aromatic carbocycles. The van der Waals surface area contributed by atoms with Crippen LogP contribution >= 0.6 is 0 Å². The SMILES string of the molecule is O=C(Oc1ccc2ccccc2c1/C=N\NC(=O)c1ccccc1F)c1ccccc1. The van der Waals surface area contributed by atoms with Gasteiger partial charge in [-0.1, -0.05) is 60.7 Å². The van der Waals surface area contributed by atoms with Gasteiger partial charge in [-0.3, -0.25) is 4.79 Å². The third-order valence-electron chi connectivity index (χ3n) is 4.62. The van der Waals surface area contributed by atoms with Crippen molar-refractivity contribution in [2.24, 2.45) is 5.10 Å². The van der Waals surface area contributed by atoms with Crippen LogP contribution in [0.3, 0.4) is 0 Å². The van der Waals surface area contributed by atoms with E-state index in [0.717, 1.165) is 10.8 Å². The molecule has 0 spiro atoms. The summed E-state index contributed by atoms with van der Waals surface area (Å²) in [6.07, 6.45) is 1.38. The molecule has 4 aromatic rings. The molecule has 0 unspecified atom stereocenters. The fraction of sp³-hybridized carbons (Fsp3) is 0. The highest BCUT2D eigenvalue weighted by Crippen LogP contribution is 2.27. The fourth-order valence-corrected chi connectivity index (χ4v) is 3.09. The van der Waals surface area contributed by atoms with E-state index in [-0.39, 0.29) is 11.3 Å². The lowest BCUT2D eigenvalue weighted by atomic mass is 10.0. The van der Waals surface area contributed by atoms with E-state index in [2.05, 4.69) is 10.5 Å². The van der Waals surface area contributed by atoms with Crippen LogP contribution in [0.25, 0.3) is 10.8 Å². The minimum absolute atomic E-state index is 0.117. The monoisotopic (exact) mass is 412 g/mol. The third-order valence-corrected chi connectivity index (χ3v) is 4.62. The molecule has 1 amide bonds. The first kappa shape index (κ1) is 20.0. The Hall–Kier alpha value is -4.32. The Morgan fingerprint density at radius 2 is 1.55 bits per heavy atom. The lowest BCUT2D eigenvalue weighted by Gasteiger charge is -2.10. The summed E-state index contributed by atoms with van der Waals surface area (Å²) in [7, 11) is 0. The van der Waals surface area contributed by atoms with Crippen LogP contribution < -0.4 is 10.2 Å². The van der Waals surface area contributed by atoms with Crippen LogP contribution in [0.15, 0.2) is 96.1 Å². The zero-order valence-corrected chi connectivity index (χ0v) is 16.3. The Labute approximate surface area is 177 Å².